The highest BCUT2D eigenvalue weighted by Gasteiger charge is 2.61. The van der Waals surface area contributed by atoms with E-state index in [1.165, 1.54) is 12.2 Å². The number of carbonyl (C=O) groups excluding carboxylic acids is 1. The standard InChI is InChI=1S/C13H18O6/c1-4-7-16-18-13(19-17-8-5-2)9-11(13)10-15-12(14)6-3/h4-6,11H,1-3,7-10H2. The molecule has 1 atom stereocenters. The summed E-state index contributed by atoms with van der Waals surface area (Å²) in [5.41, 5.74) is 0. The van der Waals surface area contributed by atoms with Crippen LogP contribution in [0.2, 0.25) is 0 Å². The zero-order chi connectivity index (χ0) is 14.1. The maximum absolute atomic E-state index is 11.0. The Morgan fingerprint density at radius 3 is 2.21 bits per heavy atom. The summed E-state index contributed by atoms with van der Waals surface area (Å²) in [6.45, 7) is 10.9. The summed E-state index contributed by atoms with van der Waals surface area (Å²) >= 11 is 0. The van der Waals surface area contributed by atoms with Gasteiger partial charge in [0.25, 0.3) is 0 Å². The Morgan fingerprint density at radius 2 is 1.74 bits per heavy atom. The van der Waals surface area contributed by atoms with E-state index in [4.69, 9.17) is 24.3 Å². The van der Waals surface area contributed by atoms with Gasteiger partial charge < -0.3 is 4.74 Å². The molecule has 19 heavy (non-hydrogen) atoms. The highest BCUT2D eigenvalue weighted by Crippen LogP contribution is 2.48. The average molecular weight is 270 g/mol. The predicted molar refractivity (Wildman–Crippen MR) is 66.5 cm³/mol. The van der Waals surface area contributed by atoms with E-state index >= 15 is 0 Å². The van der Waals surface area contributed by atoms with Crippen molar-refractivity contribution in [2.75, 3.05) is 19.8 Å². The van der Waals surface area contributed by atoms with Gasteiger partial charge in [0.15, 0.2) is 0 Å². The van der Waals surface area contributed by atoms with E-state index in [2.05, 4.69) is 19.7 Å². The molecule has 106 valence electrons. The van der Waals surface area contributed by atoms with Gasteiger partial charge in [0.2, 0.25) is 5.79 Å². The molecule has 1 aliphatic rings. The third kappa shape index (κ3) is 4.96. The number of carbonyl (C=O) groups is 1. The van der Waals surface area contributed by atoms with Crippen molar-refractivity contribution < 1.29 is 29.1 Å². The van der Waals surface area contributed by atoms with Crippen LogP contribution in [0.1, 0.15) is 6.42 Å². The summed E-state index contributed by atoms with van der Waals surface area (Å²) in [6.07, 6.45) is 4.65. The lowest BCUT2D eigenvalue weighted by Gasteiger charge is -2.15. The molecule has 1 rings (SSSR count). The molecule has 0 amide bonds. The molecule has 1 fully saturated rings. The van der Waals surface area contributed by atoms with Crippen LogP contribution in [0.5, 0.6) is 0 Å². The molecule has 0 aliphatic heterocycles. The molecule has 1 saturated carbocycles. The highest BCUT2D eigenvalue weighted by molar-refractivity contribution is 5.81. The monoisotopic (exact) mass is 270 g/mol. The van der Waals surface area contributed by atoms with Gasteiger partial charge in [-0.1, -0.05) is 18.7 Å². The van der Waals surface area contributed by atoms with Crippen molar-refractivity contribution in [1.82, 2.24) is 0 Å². The molecule has 0 spiro atoms. The summed E-state index contributed by atoms with van der Waals surface area (Å²) in [4.78, 5) is 31.0. The van der Waals surface area contributed by atoms with Gasteiger partial charge in [-0.05, 0) is 0 Å². The van der Waals surface area contributed by atoms with Crippen LogP contribution >= 0.6 is 0 Å². The number of ether oxygens (including phenoxy) is 1. The first-order valence-corrected chi connectivity index (χ1v) is 5.80. The first-order chi connectivity index (χ1) is 9.18. The highest BCUT2D eigenvalue weighted by atomic mass is 17.3. The molecule has 6 heteroatoms. The van der Waals surface area contributed by atoms with Gasteiger partial charge in [0, 0.05) is 12.5 Å². The molecule has 0 saturated heterocycles. The Balaban J connectivity index is 2.39. The minimum atomic E-state index is -1.05. The Labute approximate surface area is 112 Å². The van der Waals surface area contributed by atoms with Gasteiger partial charge >= 0.3 is 5.97 Å². The van der Waals surface area contributed by atoms with E-state index in [0.29, 0.717) is 6.42 Å². The first-order valence-electron chi connectivity index (χ1n) is 5.80. The van der Waals surface area contributed by atoms with Crippen molar-refractivity contribution in [3.05, 3.63) is 38.0 Å². The van der Waals surface area contributed by atoms with Crippen molar-refractivity contribution in [2.24, 2.45) is 5.92 Å². The Kier molecular flexibility index (Phi) is 6.44. The molecule has 0 radical (unpaired) electrons. The Hall–Kier alpha value is -1.47. The van der Waals surface area contributed by atoms with Crippen LogP contribution < -0.4 is 0 Å². The quantitative estimate of drug-likeness (QED) is 0.108. The molecule has 1 unspecified atom stereocenters. The lowest BCUT2D eigenvalue weighted by Crippen LogP contribution is -2.24. The minimum Gasteiger partial charge on any atom is -0.462 e. The summed E-state index contributed by atoms with van der Waals surface area (Å²) in [7, 11) is 0. The fourth-order valence-electron chi connectivity index (χ4n) is 1.29. The van der Waals surface area contributed by atoms with Gasteiger partial charge in [-0.3, -0.25) is 0 Å². The lowest BCUT2D eigenvalue weighted by atomic mass is 10.4. The van der Waals surface area contributed by atoms with E-state index < -0.39 is 11.8 Å². The predicted octanol–water partition coefficient (Wildman–Crippen LogP) is 1.70. The minimum absolute atomic E-state index is 0.139. The lowest BCUT2D eigenvalue weighted by molar-refractivity contribution is -0.478. The van der Waals surface area contributed by atoms with Crippen molar-refractivity contribution in [3.8, 4) is 0 Å². The molecule has 1 aliphatic carbocycles. The average Bonchev–Trinajstić information content (AvgIpc) is 3.10. The van der Waals surface area contributed by atoms with Gasteiger partial charge in [-0.25, -0.2) is 14.6 Å². The van der Waals surface area contributed by atoms with Crippen LogP contribution in [0, 0.1) is 5.92 Å². The second-order valence-electron chi connectivity index (χ2n) is 3.86. The summed E-state index contributed by atoms with van der Waals surface area (Å²) in [5, 5.41) is 0. The van der Waals surface area contributed by atoms with Crippen molar-refractivity contribution in [1.29, 1.82) is 0 Å². The molecule has 0 bridgehead atoms. The van der Waals surface area contributed by atoms with Gasteiger partial charge in [0.1, 0.15) is 19.8 Å². The molecule has 0 aromatic rings. The number of hydrogen-bond donors (Lipinski definition) is 0. The second kappa shape index (κ2) is 7.85. The van der Waals surface area contributed by atoms with Gasteiger partial charge in [-0.2, -0.15) is 9.78 Å². The largest absolute Gasteiger partial charge is 0.462 e. The van der Waals surface area contributed by atoms with E-state index in [0.717, 1.165) is 6.08 Å². The van der Waals surface area contributed by atoms with Crippen molar-refractivity contribution >= 4 is 5.97 Å². The van der Waals surface area contributed by atoms with Crippen LogP contribution in [0.25, 0.3) is 0 Å². The number of esters is 1. The van der Waals surface area contributed by atoms with Crippen LogP contribution in [0.15, 0.2) is 38.0 Å². The van der Waals surface area contributed by atoms with E-state index in [-0.39, 0.29) is 25.7 Å². The Bertz CT molecular complexity index is 324. The zero-order valence-electron chi connectivity index (χ0n) is 10.7. The third-order valence-corrected chi connectivity index (χ3v) is 2.36. The summed E-state index contributed by atoms with van der Waals surface area (Å²) in [6, 6.07) is 0. The smallest absolute Gasteiger partial charge is 0.330 e. The van der Waals surface area contributed by atoms with Crippen LogP contribution in [0.4, 0.5) is 0 Å². The summed E-state index contributed by atoms with van der Waals surface area (Å²) < 4.78 is 4.91. The molecular formula is C13H18O6. The van der Waals surface area contributed by atoms with Crippen LogP contribution in [-0.4, -0.2) is 31.6 Å². The first kappa shape index (κ1) is 15.6. The maximum Gasteiger partial charge on any atom is 0.330 e. The summed E-state index contributed by atoms with van der Waals surface area (Å²) in [5.74, 6) is -1.71. The maximum atomic E-state index is 11.0. The molecule has 0 aromatic carbocycles. The second-order valence-corrected chi connectivity index (χ2v) is 3.86. The molecule has 0 N–H and O–H groups in total. The van der Waals surface area contributed by atoms with E-state index in [9.17, 15) is 4.79 Å². The van der Waals surface area contributed by atoms with Gasteiger partial charge in [0.05, 0.1) is 5.92 Å². The molecule has 0 aromatic heterocycles. The zero-order valence-corrected chi connectivity index (χ0v) is 10.7. The van der Waals surface area contributed by atoms with Gasteiger partial charge in [-0.15, -0.1) is 13.2 Å². The number of rotatable bonds is 11. The van der Waals surface area contributed by atoms with Crippen LogP contribution in [-0.2, 0) is 29.1 Å². The number of hydrogen-bond acceptors (Lipinski definition) is 6. The third-order valence-electron chi connectivity index (χ3n) is 2.36. The van der Waals surface area contributed by atoms with Crippen LogP contribution in [0.3, 0.4) is 0 Å². The molecule has 6 nitrogen and oxygen atoms in total. The fourth-order valence-corrected chi connectivity index (χ4v) is 1.29. The topological polar surface area (TPSA) is 63.2 Å². The normalized spacial score (nSPS) is 19.5. The Morgan fingerprint density at radius 1 is 1.16 bits per heavy atom. The fraction of sp³-hybridized carbons (Fsp3) is 0.462. The van der Waals surface area contributed by atoms with E-state index in [1.807, 2.05) is 0 Å². The van der Waals surface area contributed by atoms with Crippen molar-refractivity contribution in [3.63, 3.8) is 0 Å². The molecule has 0 heterocycles. The van der Waals surface area contributed by atoms with E-state index in [1.54, 1.807) is 0 Å². The SMILES string of the molecule is C=CCOOC1(OOCC=C)CC1COC(=O)C=C. The van der Waals surface area contributed by atoms with Crippen molar-refractivity contribution in [2.45, 2.75) is 12.2 Å². The molecular weight excluding hydrogens is 252 g/mol.